The average molecular weight is 275 g/mol. The molecule has 1 aliphatic rings. The van der Waals surface area contributed by atoms with Crippen LogP contribution < -0.4 is 0 Å². The number of nitrogens with zero attached hydrogens (tertiary/aromatic N) is 1. The third-order valence-corrected chi connectivity index (χ3v) is 3.00. The van der Waals surface area contributed by atoms with E-state index in [1.54, 1.807) is 43.6 Å². The maximum Gasteiger partial charge on any atom is 0.417 e. The van der Waals surface area contributed by atoms with Gasteiger partial charge in [0.2, 0.25) is 0 Å². The van der Waals surface area contributed by atoms with Crippen molar-refractivity contribution in [1.29, 1.82) is 0 Å². The molecular formula is C15H17NO4. The van der Waals surface area contributed by atoms with Crippen LogP contribution in [0.1, 0.15) is 23.2 Å². The Hall–Kier alpha value is -2.30. The zero-order chi connectivity index (χ0) is 14.4. The van der Waals surface area contributed by atoms with Gasteiger partial charge in [-0.1, -0.05) is 18.2 Å². The highest BCUT2D eigenvalue weighted by Crippen LogP contribution is 2.12. The van der Waals surface area contributed by atoms with Gasteiger partial charge in [0.25, 0.3) is 0 Å². The third-order valence-electron chi connectivity index (χ3n) is 3.00. The van der Waals surface area contributed by atoms with E-state index in [-0.39, 0.29) is 6.10 Å². The fourth-order valence-corrected chi connectivity index (χ4v) is 1.89. The van der Waals surface area contributed by atoms with Crippen molar-refractivity contribution in [3.8, 4) is 0 Å². The summed E-state index contributed by atoms with van der Waals surface area (Å²) < 4.78 is 10.2. The average Bonchev–Trinajstić information content (AvgIpc) is 2.49. The molecule has 0 unspecified atom stereocenters. The molecule has 0 aliphatic carbocycles. The first-order valence-corrected chi connectivity index (χ1v) is 6.49. The Morgan fingerprint density at radius 2 is 2.10 bits per heavy atom. The van der Waals surface area contributed by atoms with Crippen LogP contribution in [-0.2, 0) is 9.47 Å². The highest BCUT2D eigenvalue weighted by Gasteiger charge is 2.21. The van der Waals surface area contributed by atoms with Crippen molar-refractivity contribution < 1.29 is 19.1 Å². The van der Waals surface area contributed by atoms with Crippen molar-refractivity contribution in [3.05, 3.63) is 48.2 Å². The molecule has 1 aromatic carbocycles. The lowest BCUT2D eigenvalue weighted by molar-refractivity contribution is 0.0478. The van der Waals surface area contributed by atoms with Gasteiger partial charge in [-0.05, 0) is 31.1 Å². The van der Waals surface area contributed by atoms with Gasteiger partial charge in [-0.2, -0.15) is 0 Å². The SMILES string of the molecule is CN(C[C@@H]1CCC=CO1)C(=O)OC(=O)c1ccccc1. The van der Waals surface area contributed by atoms with Crippen LogP contribution in [0.5, 0.6) is 0 Å². The quantitative estimate of drug-likeness (QED) is 0.628. The summed E-state index contributed by atoms with van der Waals surface area (Å²) in [7, 11) is 1.59. The molecule has 0 spiro atoms. The van der Waals surface area contributed by atoms with Crippen molar-refractivity contribution in [2.45, 2.75) is 18.9 Å². The Morgan fingerprint density at radius 1 is 1.35 bits per heavy atom. The number of likely N-dealkylation sites (N-methyl/N-ethyl adjacent to an activating group) is 1. The van der Waals surface area contributed by atoms with Crippen LogP contribution in [0, 0.1) is 0 Å². The molecule has 0 bridgehead atoms. The minimum atomic E-state index is -0.669. The van der Waals surface area contributed by atoms with Crippen LogP contribution in [0.3, 0.4) is 0 Å². The predicted molar refractivity (Wildman–Crippen MR) is 73.1 cm³/mol. The van der Waals surface area contributed by atoms with E-state index in [1.165, 1.54) is 4.90 Å². The van der Waals surface area contributed by atoms with E-state index in [0.29, 0.717) is 12.1 Å². The van der Waals surface area contributed by atoms with E-state index >= 15 is 0 Å². The molecular weight excluding hydrogens is 258 g/mol. The van der Waals surface area contributed by atoms with Gasteiger partial charge in [0.15, 0.2) is 0 Å². The topological polar surface area (TPSA) is 55.8 Å². The molecule has 1 atom stereocenters. The van der Waals surface area contributed by atoms with Crippen molar-refractivity contribution in [1.82, 2.24) is 4.90 Å². The van der Waals surface area contributed by atoms with Crippen LogP contribution in [-0.4, -0.2) is 36.7 Å². The summed E-state index contributed by atoms with van der Waals surface area (Å²) in [5, 5.41) is 0. The summed E-state index contributed by atoms with van der Waals surface area (Å²) in [4.78, 5) is 24.9. The number of ether oxygens (including phenoxy) is 2. The summed E-state index contributed by atoms with van der Waals surface area (Å²) >= 11 is 0. The summed E-state index contributed by atoms with van der Waals surface area (Å²) in [5.74, 6) is -0.646. The molecule has 1 aromatic rings. The summed E-state index contributed by atoms with van der Waals surface area (Å²) in [6.45, 7) is 0.394. The van der Waals surface area contributed by atoms with E-state index in [9.17, 15) is 9.59 Å². The molecule has 5 heteroatoms. The monoisotopic (exact) mass is 275 g/mol. The van der Waals surface area contributed by atoms with Gasteiger partial charge >= 0.3 is 12.1 Å². The molecule has 0 N–H and O–H groups in total. The Bertz CT molecular complexity index is 498. The van der Waals surface area contributed by atoms with Crippen LogP contribution in [0.25, 0.3) is 0 Å². The molecule has 0 saturated carbocycles. The van der Waals surface area contributed by atoms with Gasteiger partial charge in [-0.3, -0.25) is 0 Å². The van der Waals surface area contributed by atoms with Gasteiger partial charge in [-0.15, -0.1) is 0 Å². The highest BCUT2D eigenvalue weighted by molar-refractivity contribution is 5.96. The smallest absolute Gasteiger partial charge is 0.417 e. The standard InChI is InChI=1S/C15H17NO4/c1-16(11-13-9-5-6-10-19-13)15(18)20-14(17)12-7-3-2-4-8-12/h2-4,6-8,10,13H,5,9,11H2,1H3/t13-/m0/s1. The van der Waals surface area contributed by atoms with Gasteiger partial charge in [-0.25, -0.2) is 9.59 Å². The lowest BCUT2D eigenvalue weighted by Gasteiger charge is -2.24. The van der Waals surface area contributed by atoms with E-state index in [2.05, 4.69) is 0 Å². The van der Waals surface area contributed by atoms with Gasteiger partial charge in [0.05, 0.1) is 18.4 Å². The second kappa shape index (κ2) is 6.75. The van der Waals surface area contributed by atoms with Crippen molar-refractivity contribution in [2.24, 2.45) is 0 Å². The molecule has 20 heavy (non-hydrogen) atoms. The second-order valence-electron chi connectivity index (χ2n) is 4.61. The molecule has 0 saturated heterocycles. The minimum absolute atomic E-state index is 0.0515. The van der Waals surface area contributed by atoms with Gasteiger partial charge in [0, 0.05) is 7.05 Å². The molecule has 1 heterocycles. The molecule has 1 amide bonds. The minimum Gasteiger partial charge on any atom is -0.497 e. The number of rotatable bonds is 3. The lowest BCUT2D eigenvalue weighted by atomic mass is 10.1. The molecule has 0 radical (unpaired) electrons. The van der Waals surface area contributed by atoms with Crippen LogP contribution in [0.4, 0.5) is 4.79 Å². The predicted octanol–water partition coefficient (Wildman–Crippen LogP) is 2.59. The Labute approximate surface area is 117 Å². The Morgan fingerprint density at radius 3 is 2.75 bits per heavy atom. The third kappa shape index (κ3) is 3.85. The van der Waals surface area contributed by atoms with Crippen molar-refractivity contribution in [2.75, 3.05) is 13.6 Å². The largest absolute Gasteiger partial charge is 0.497 e. The number of amides is 1. The normalized spacial score (nSPS) is 17.1. The zero-order valence-corrected chi connectivity index (χ0v) is 11.3. The number of hydrogen-bond acceptors (Lipinski definition) is 4. The van der Waals surface area contributed by atoms with Crippen LogP contribution >= 0.6 is 0 Å². The molecule has 1 aliphatic heterocycles. The number of carbonyl (C=O) groups excluding carboxylic acids is 2. The lowest BCUT2D eigenvalue weighted by Crippen LogP contribution is -2.36. The molecule has 2 rings (SSSR count). The number of hydrogen-bond donors (Lipinski definition) is 0. The van der Waals surface area contributed by atoms with E-state index < -0.39 is 12.1 Å². The molecule has 5 nitrogen and oxygen atoms in total. The summed E-state index contributed by atoms with van der Waals surface area (Å²) in [6, 6.07) is 8.42. The van der Waals surface area contributed by atoms with Crippen molar-refractivity contribution in [3.63, 3.8) is 0 Å². The first kappa shape index (κ1) is 14.1. The fourth-order valence-electron chi connectivity index (χ4n) is 1.89. The summed E-state index contributed by atoms with van der Waals surface area (Å²) in [6.07, 6.45) is 4.63. The number of allylic oxidation sites excluding steroid dienone is 1. The number of benzene rings is 1. The highest BCUT2D eigenvalue weighted by atomic mass is 16.6. The van der Waals surface area contributed by atoms with Gasteiger partial charge < -0.3 is 14.4 Å². The second-order valence-corrected chi connectivity index (χ2v) is 4.61. The fraction of sp³-hybridized carbons (Fsp3) is 0.333. The van der Waals surface area contributed by atoms with Gasteiger partial charge in [0.1, 0.15) is 6.10 Å². The maximum atomic E-state index is 11.8. The Balaban J connectivity index is 1.84. The maximum absolute atomic E-state index is 11.8. The van der Waals surface area contributed by atoms with E-state index in [1.807, 2.05) is 6.08 Å². The number of carbonyl (C=O) groups is 2. The zero-order valence-electron chi connectivity index (χ0n) is 11.3. The first-order valence-electron chi connectivity index (χ1n) is 6.49. The van der Waals surface area contributed by atoms with E-state index in [4.69, 9.17) is 9.47 Å². The Kier molecular flexibility index (Phi) is 4.76. The molecule has 0 aromatic heterocycles. The number of esters is 1. The van der Waals surface area contributed by atoms with Crippen molar-refractivity contribution >= 4 is 12.1 Å². The first-order chi connectivity index (χ1) is 9.66. The molecule has 106 valence electrons. The summed E-state index contributed by atoms with van der Waals surface area (Å²) in [5.41, 5.74) is 0.353. The van der Waals surface area contributed by atoms with Crippen LogP contribution in [0.2, 0.25) is 0 Å². The van der Waals surface area contributed by atoms with Crippen LogP contribution in [0.15, 0.2) is 42.7 Å². The van der Waals surface area contributed by atoms with E-state index in [0.717, 1.165) is 12.8 Å². The molecule has 0 fully saturated rings.